The Morgan fingerprint density at radius 3 is 2.67 bits per heavy atom. The summed E-state index contributed by atoms with van der Waals surface area (Å²) in [4.78, 5) is 64.5. The number of carbonyl (C=O) groups excluding carboxylic acids is 3. The molecule has 3 amide bonds. The number of aliphatic carboxylic acids is 1. The Kier molecular flexibility index (Phi) is 12.6. The lowest BCUT2D eigenvalue weighted by atomic mass is 10.1. The van der Waals surface area contributed by atoms with Crippen molar-refractivity contribution in [2.75, 3.05) is 30.8 Å². The zero-order valence-electron chi connectivity index (χ0n) is 33.6. The Bertz CT molecular complexity index is 2420. The number of anilines is 2. The van der Waals surface area contributed by atoms with Gasteiger partial charge in [-0.1, -0.05) is 30.7 Å². The highest BCUT2D eigenvalue weighted by Gasteiger charge is 2.61. The number of carboxylic acid groups (broad SMARTS) is 1. The van der Waals surface area contributed by atoms with Crippen LogP contribution in [0.1, 0.15) is 65.2 Å². The number of amides is 3. The number of methoxy groups -OCH3 is 1. The number of nitrogens with one attached hydrogen (secondary N) is 4. The molecule has 4 heterocycles. The number of thiazole rings is 1. The van der Waals surface area contributed by atoms with E-state index >= 15 is 0 Å². The van der Waals surface area contributed by atoms with Gasteiger partial charge >= 0.3 is 5.97 Å². The molecule has 4 aromatic rings. The summed E-state index contributed by atoms with van der Waals surface area (Å²) in [5.41, 5.74) is 0.431. The fourth-order valence-electron chi connectivity index (χ4n) is 7.63. The number of carbonyl (C=O) groups is 4. The molecule has 3 aliphatic rings. The number of likely N-dealkylation sites (tertiary alicyclic amines) is 1. The van der Waals surface area contributed by atoms with Crippen LogP contribution in [0.25, 0.3) is 22.3 Å². The zero-order valence-corrected chi connectivity index (χ0v) is 35.2. The second-order valence-corrected chi connectivity index (χ2v) is 18.1. The van der Waals surface area contributed by atoms with Gasteiger partial charge in [-0.15, -0.1) is 11.3 Å². The topological polar surface area (TPSA) is 218 Å². The van der Waals surface area contributed by atoms with Gasteiger partial charge in [0.25, 0.3) is 15.9 Å². The van der Waals surface area contributed by atoms with Crippen molar-refractivity contribution >= 4 is 66.8 Å². The fraction of sp³-hybridized carbons (Fsp3) is 0.429. The number of hydrogen-bond acceptors (Lipinski definition) is 13. The van der Waals surface area contributed by atoms with Crippen molar-refractivity contribution in [3.8, 4) is 22.9 Å². The first-order chi connectivity index (χ1) is 28.8. The standard InChI is InChI=1S/C42H49N7O9S2/c1-25(2)44-41-46-33(24-59-41)32-21-35(29-15-14-27(57-3)19-31(29)45-32)58-28-20-34(49(23-28)37(50)16-17-38(51)52)39(53)47-42-22-26(42)11-7-5-4-6-10-18-43-30-12-8-9-13-36(30)60(55,56)48-40(42)54/h7-9,11-15,19,21,24-26,28,34,43H,4-6,10,16-18,20,22-23H2,1-3H3,(H,44,46)(H,47,53)(H,48,54)(H,51,52)/b11-7-/t26-,28+,34-,42+/m0/s1. The van der Waals surface area contributed by atoms with Crippen LogP contribution in [0, 0.1) is 5.92 Å². The third-order valence-corrected chi connectivity index (χ3v) is 13.0. The maximum Gasteiger partial charge on any atom is 0.303 e. The van der Waals surface area contributed by atoms with E-state index in [4.69, 9.17) is 19.4 Å². The molecular weight excluding hydrogens is 811 g/mol. The van der Waals surface area contributed by atoms with Crippen LogP contribution in [-0.2, 0) is 29.2 Å². The van der Waals surface area contributed by atoms with E-state index in [1.807, 2.05) is 31.4 Å². The van der Waals surface area contributed by atoms with Gasteiger partial charge in [0.15, 0.2) is 5.13 Å². The molecule has 0 bridgehead atoms. The van der Waals surface area contributed by atoms with Crippen LogP contribution in [-0.4, -0.2) is 96.0 Å². The van der Waals surface area contributed by atoms with E-state index < -0.39 is 63.7 Å². The number of sulfonamides is 1. The molecule has 0 radical (unpaired) electrons. The Morgan fingerprint density at radius 1 is 1.07 bits per heavy atom. The number of rotatable bonds is 11. The molecule has 2 fully saturated rings. The molecule has 1 aliphatic carbocycles. The van der Waals surface area contributed by atoms with Crippen molar-refractivity contribution in [3.63, 3.8) is 0 Å². The predicted molar refractivity (Wildman–Crippen MR) is 226 cm³/mol. The molecule has 1 saturated heterocycles. The SMILES string of the molecule is COc1ccc2c(O[C@@H]3C[C@@H](C(=O)N[C@]45C[C@@H]4/C=C\CCCCCNc4ccccc4S(=O)(=O)NC5=O)N(C(=O)CCC(=O)O)C3)cc(-c3csc(NC(C)C)n3)nc2c1. The molecule has 0 unspecified atom stereocenters. The molecule has 2 aromatic heterocycles. The number of aromatic nitrogens is 2. The molecule has 16 nitrogen and oxygen atoms in total. The second-order valence-electron chi connectivity index (χ2n) is 15.6. The molecule has 4 atom stereocenters. The maximum absolute atomic E-state index is 14.4. The molecule has 7 rings (SSSR count). The smallest absolute Gasteiger partial charge is 0.303 e. The summed E-state index contributed by atoms with van der Waals surface area (Å²) in [6.45, 7) is 4.52. The number of para-hydroxylation sites is 1. The molecule has 0 spiro atoms. The number of hydrogen-bond donors (Lipinski definition) is 5. The zero-order chi connectivity index (χ0) is 42.6. The van der Waals surface area contributed by atoms with E-state index in [2.05, 4.69) is 20.7 Å². The first kappa shape index (κ1) is 42.4. The van der Waals surface area contributed by atoms with Crippen LogP contribution in [0.15, 0.2) is 71.0 Å². The van der Waals surface area contributed by atoms with Gasteiger partial charge in [0.1, 0.15) is 39.8 Å². The lowest BCUT2D eigenvalue weighted by molar-refractivity contribution is -0.143. The van der Waals surface area contributed by atoms with Gasteiger partial charge in [0, 0.05) is 54.2 Å². The number of allylic oxidation sites excluding steroid dienone is 1. The van der Waals surface area contributed by atoms with E-state index in [0.29, 0.717) is 46.0 Å². The minimum absolute atomic E-state index is 0.00530. The van der Waals surface area contributed by atoms with Crippen molar-refractivity contribution in [1.29, 1.82) is 0 Å². The number of benzene rings is 2. The van der Waals surface area contributed by atoms with E-state index in [0.717, 1.165) is 30.8 Å². The minimum atomic E-state index is -4.38. The highest BCUT2D eigenvalue weighted by molar-refractivity contribution is 7.90. The maximum atomic E-state index is 14.4. The number of ether oxygens (including phenoxy) is 2. The normalized spacial score (nSPS) is 23.2. The van der Waals surface area contributed by atoms with Crippen LogP contribution >= 0.6 is 11.3 Å². The fourth-order valence-corrected chi connectivity index (χ4v) is 9.70. The average Bonchev–Trinajstić information content (AvgIpc) is 3.48. The first-order valence-corrected chi connectivity index (χ1v) is 22.4. The minimum Gasteiger partial charge on any atom is -0.497 e. The highest BCUT2D eigenvalue weighted by atomic mass is 32.2. The van der Waals surface area contributed by atoms with Crippen LogP contribution in [0.5, 0.6) is 11.5 Å². The lowest BCUT2D eigenvalue weighted by Crippen LogP contribution is -2.56. The Morgan fingerprint density at radius 2 is 1.88 bits per heavy atom. The molecule has 60 heavy (non-hydrogen) atoms. The van der Waals surface area contributed by atoms with E-state index in [1.165, 1.54) is 22.3 Å². The van der Waals surface area contributed by atoms with Gasteiger partial charge in [-0.3, -0.25) is 19.2 Å². The van der Waals surface area contributed by atoms with Crippen molar-refractivity contribution in [2.45, 2.75) is 93.8 Å². The molecule has 2 aromatic carbocycles. The van der Waals surface area contributed by atoms with Crippen molar-refractivity contribution < 1.29 is 42.2 Å². The summed E-state index contributed by atoms with van der Waals surface area (Å²) in [6, 6.07) is 12.4. The quantitative estimate of drug-likeness (QED) is 0.121. The summed E-state index contributed by atoms with van der Waals surface area (Å²) in [6.07, 6.45) is 5.68. The molecule has 2 aliphatic heterocycles. The van der Waals surface area contributed by atoms with Gasteiger partial charge in [0.05, 0.1) is 37.0 Å². The number of pyridine rings is 1. The Labute approximate surface area is 352 Å². The van der Waals surface area contributed by atoms with Gasteiger partial charge in [-0.2, -0.15) is 0 Å². The van der Waals surface area contributed by atoms with Crippen molar-refractivity contribution in [2.24, 2.45) is 5.92 Å². The van der Waals surface area contributed by atoms with Gasteiger partial charge < -0.3 is 35.4 Å². The highest BCUT2D eigenvalue weighted by Crippen LogP contribution is 2.46. The van der Waals surface area contributed by atoms with E-state index in [9.17, 15) is 32.7 Å². The molecular formula is C42H49N7O9S2. The van der Waals surface area contributed by atoms with Crippen LogP contribution in [0.3, 0.4) is 0 Å². The third-order valence-electron chi connectivity index (χ3n) is 10.8. The summed E-state index contributed by atoms with van der Waals surface area (Å²) in [7, 11) is -2.83. The van der Waals surface area contributed by atoms with Crippen LogP contribution < -0.4 is 30.1 Å². The Hall–Kier alpha value is -5.75. The number of fused-ring (bicyclic) bond motifs is 3. The van der Waals surface area contributed by atoms with E-state index in [1.54, 1.807) is 49.6 Å². The summed E-state index contributed by atoms with van der Waals surface area (Å²) in [5, 5.41) is 22.0. The van der Waals surface area contributed by atoms with Crippen molar-refractivity contribution in [3.05, 3.63) is 66.1 Å². The molecule has 318 valence electrons. The third kappa shape index (κ3) is 9.49. The average molecular weight is 860 g/mol. The largest absolute Gasteiger partial charge is 0.497 e. The second kappa shape index (κ2) is 17.8. The van der Waals surface area contributed by atoms with Gasteiger partial charge in [-0.25, -0.2) is 23.1 Å². The monoisotopic (exact) mass is 859 g/mol. The summed E-state index contributed by atoms with van der Waals surface area (Å²) < 4.78 is 41.8. The van der Waals surface area contributed by atoms with Gasteiger partial charge in [0.2, 0.25) is 11.8 Å². The first-order valence-electron chi connectivity index (χ1n) is 20.0. The number of nitrogens with zero attached hydrogens (tertiary/aromatic N) is 3. The summed E-state index contributed by atoms with van der Waals surface area (Å²) in [5.74, 6) is -2.86. The van der Waals surface area contributed by atoms with Gasteiger partial charge in [-0.05, 0) is 63.8 Å². The molecule has 5 N–H and O–H groups in total. The predicted octanol–water partition coefficient (Wildman–Crippen LogP) is 5.32. The molecule has 1 saturated carbocycles. The molecule has 18 heteroatoms. The van der Waals surface area contributed by atoms with Crippen molar-refractivity contribution in [1.82, 2.24) is 24.9 Å². The van der Waals surface area contributed by atoms with Crippen LogP contribution in [0.4, 0.5) is 10.8 Å². The van der Waals surface area contributed by atoms with E-state index in [-0.39, 0.29) is 36.7 Å². The summed E-state index contributed by atoms with van der Waals surface area (Å²) >= 11 is 1.43. The number of carboxylic acids is 1. The Balaban J connectivity index is 1.18. The van der Waals surface area contributed by atoms with Crippen LogP contribution in [0.2, 0.25) is 0 Å². The lowest BCUT2D eigenvalue weighted by Gasteiger charge is -2.26.